The maximum atomic E-state index is 7.27. The molecule has 0 aliphatic carbocycles. The summed E-state index contributed by atoms with van der Waals surface area (Å²) in [6.45, 7) is 8.85. The molecule has 17 rings (SSSR count). The predicted octanol–water partition coefficient (Wildman–Crippen LogP) is 12.7. The molecule has 4 aliphatic heterocycles. The first-order valence-electron chi connectivity index (χ1n) is 26.4. The van der Waals surface area contributed by atoms with Gasteiger partial charge in [0.25, 0.3) is 13.4 Å². The number of aromatic nitrogens is 2. The van der Waals surface area contributed by atoms with Crippen molar-refractivity contribution in [2.45, 2.75) is 39.8 Å². The molecule has 0 radical (unpaired) electrons. The Hall–Kier alpha value is -9.07. The number of fused-ring (bicyclic) bond motifs is 17. The van der Waals surface area contributed by atoms with Crippen molar-refractivity contribution in [2.75, 3.05) is 9.80 Å². The van der Waals surface area contributed by atoms with Crippen molar-refractivity contribution in [3.63, 3.8) is 0 Å². The third kappa shape index (κ3) is 5.46. The van der Waals surface area contributed by atoms with Gasteiger partial charge in [0, 0.05) is 114 Å². The molecule has 75 heavy (non-hydrogen) atoms. The highest BCUT2D eigenvalue weighted by atomic mass is 16.5. The Kier molecular flexibility index (Phi) is 8.17. The van der Waals surface area contributed by atoms with Gasteiger partial charge in [-0.25, -0.2) is 0 Å². The van der Waals surface area contributed by atoms with Gasteiger partial charge in [-0.2, -0.15) is 0 Å². The van der Waals surface area contributed by atoms with Gasteiger partial charge in [-0.05, 0) is 109 Å². The molecule has 4 aliphatic rings. The van der Waals surface area contributed by atoms with Crippen molar-refractivity contribution in [2.24, 2.45) is 0 Å². The van der Waals surface area contributed by atoms with Crippen molar-refractivity contribution >= 4 is 135 Å². The van der Waals surface area contributed by atoms with Gasteiger partial charge in [-0.3, -0.25) is 0 Å². The molecule has 7 heterocycles. The molecule has 0 saturated heterocycles. The summed E-state index contributed by atoms with van der Waals surface area (Å²) in [7, 11) is 0. The summed E-state index contributed by atoms with van der Waals surface area (Å²) in [6, 6.07) is 71.5. The molecule has 10 aromatic carbocycles. The standard InChI is InChI=1S/C66H46B2N4O3/c1-37(2)69(39-17-7-5-8-18-39)41-29-55-63-61(31-41)74-59-35-57-47(33-51(59)67(63)49-25-15-23-45-43-21-11-13-27-53(43)71(55)65(45)49)48-34-52-60(36-58(48)73-57)75-62-32-42(70(38(3)4)40-19-9-6-10-20-40)30-56-64(62)68(52)50-26-16-24-46-44-22-12-14-28-54(44)72(56)66(46)50/h5-38H,1-4H3. The molecule has 9 heteroatoms. The minimum absolute atomic E-state index is 0.0874. The quantitative estimate of drug-likeness (QED) is 0.155. The number of hydrogen-bond acceptors (Lipinski definition) is 5. The van der Waals surface area contributed by atoms with Crippen LogP contribution in [0.25, 0.3) is 76.9 Å². The molecule has 0 spiro atoms. The smallest absolute Gasteiger partial charge is 0.256 e. The van der Waals surface area contributed by atoms with Gasteiger partial charge >= 0.3 is 0 Å². The summed E-state index contributed by atoms with van der Waals surface area (Å²) in [4.78, 5) is 4.83. The van der Waals surface area contributed by atoms with E-state index in [1.807, 2.05) is 0 Å². The summed E-state index contributed by atoms with van der Waals surface area (Å²) in [6.07, 6.45) is 0. The van der Waals surface area contributed by atoms with Crippen LogP contribution >= 0.6 is 0 Å². The summed E-state index contributed by atoms with van der Waals surface area (Å²) >= 11 is 0. The summed E-state index contributed by atoms with van der Waals surface area (Å²) < 4.78 is 26.5. The van der Waals surface area contributed by atoms with Crippen LogP contribution < -0.4 is 52.1 Å². The van der Waals surface area contributed by atoms with Gasteiger partial charge in [0.1, 0.15) is 34.2 Å². The van der Waals surface area contributed by atoms with Gasteiger partial charge in [-0.15, -0.1) is 0 Å². The average molecular weight is 965 g/mol. The van der Waals surface area contributed by atoms with Gasteiger partial charge in [-0.1, -0.05) is 121 Å². The Balaban J connectivity index is 0.898. The second-order valence-corrected chi connectivity index (χ2v) is 21.5. The minimum atomic E-state index is -0.0874. The van der Waals surface area contributed by atoms with Crippen LogP contribution in [0.2, 0.25) is 0 Å². The van der Waals surface area contributed by atoms with Crippen LogP contribution in [0.1, 0.15) is 27.7 Å². The number of anilines is 4. The van der Waals surface area contributed by atoms with Crippen LogP contribution in [0.5, 0.6) is 23.0 Å². The number of nitrogens with zero attached hydrogens (tertiary/aromatic N) is 4. The highest BCUT2D eigenvalue weighted by molar-refractivity contribution is 7.00. The van der Waals surface area contributed by atoms with E-state index in [2.05, 4.69) is 241 Å². The first-order chi connectivity index (χ1) is 36.9. The van der Waals surface area contributed by atoms with E-state index in [4.69, 9.17) is 13.9 Å². The van der Waals surface area contributed by atoms with Crippen molar-refractivity contribution in [1.82, 2.24) is 9.13 Å². The normalized spacial score (nSPS) is 13.5. The molecule has 0 amide bonds. The molecule has 0 saturated carbocycles. The third-order valence-corrected chi connectivity index (χ3v) is 16.8. The summed E-state index contributed by atoms with van der Waals surface area (Å²) in [5, 5.41) is 7.12. The van der Waals surface area contributed by atoms with E-state index < -0.39 is 0 Å². The zero-order valence-electron chi connectivity index (χ0n) is 41.8. The molecular weight excluding hydrogens is 918 g/mol. The monoisotopic (exact) mass is 964 g/mol. The second-order valence-electron chi connectivity index (χ2n) is 21.5. The lowest BCUT2D eigenvalue weighted by molar-refractivity contribution is 0.485. The lowest BCUT2D eigenvalue weighted by atomic mass is 9.34. The number of hydrogen-bond donors (Lipinski definition) is 0. The first-order valence-corrected chi connectivity index (χ1v) is 26.4. The number of benzene rings is 10. The largest absolute Gasteiger partial charge is 0.458 e. The number of ether oxygens (including phenoxy) is 2. The van der Waals surface area contributed by atoms with Gasteiger partial charge in [0.2, 0.25) is 0 Å². The van der Waals surface area contributed by atoms with E-state index in [0.717, 1.165) is 90.0 Å². The fourth-order valence-corrected chi connectivity index (χ4v) is 14.0. The maximum Gasteiger partial charge on any atom is 0.256 e. The lowest BCUT2D eigenvalue weighted by Gasteiger charge is -2.36. The van der Waals surface area contributed by atoms with Crippen LogP contribution in [-0.2, 0) is 0 Å². The molecule has 13 aromatic rings. The second kappa shape index (κ2) is 14.8. The highest BCUT2D eigenvalue weighted by Crippen LogP contribution is 2.45. The highest BCUT2D eigenvalue weighted by Gasteiger charge is 2.44. The van der Waals surface area contributed by atoms with Crippen LogP contribution in [0.15, 0.2) is 199 Å². The first kappa shape index (κ1) is 41.4. The van der Waals surface area contributed by atoms with Crippen molar-refractivity contribution in [3.8, 4) is 34.4 Å². The molecule has 0 atom stereocenters. The fraction of sp³-hybridized carbons (Fsp3) is 0.0909. The number of rotatable bonds is 6. The summed E-state index contributed by atoms with van der Waals surface area (Å²) in [5.41, 5.74) is 20.3. The molecule has 3 aromatic heterocycles. The summed E-state index contributed by atoms with van der Waals surface area (Å²) in [5.74, 6) is 3.35. The molecule has 0 fully saturated rings. The van der Waals surface area contributed by atoms with Crippen molar-refractivity contribution < 1.29 is 13.9 Å². The third-order valence-electron chi connectivity index (χ3n) is 16.8. The van der Waals surface area contributed by atoms with Crippen molar-refractivity contribution in [3.05, 3.63) is 194 Å². The lowest BCUT2D eigenvalue weighted by Crippen LogP contribution is -2.58. The van der Waals surface area contributed by atoms with Gasteiger partial charge < -0.3 is 32.8 Å². The zero-order chi connectivity index (χ0) is 49.5. The molecular formula is C66H46B2N4O3. The van der Waals surface area contributed by atoms with Crippen LogP contribution in [-0.4, -0.2) is 34.6 Å². The Bertz CT molecular complexity index is 4360. The minimum Gasteiger partial charge on any atom is -0.458 e. The molecule has 354 valence electrons. The molecule has 0 bridgehead atoms. The van der Waals surface area contributed by atoms with E-state index >= 15 is 0 Å². The number of furan rings is 1. The van der Waals surface area contributed by atoms with E-state index in [-0.39, 0.29) is 25.5 Å². The van der Waals surface area contributed by atoms with E-state index in [1.54, 1.807) is 0 Å². The SMILES string of the molecule is CC(C)N(c1ccccc1)c1cc2c3c(c1)-n1c4ccccc4c4cccc(c41)B3c1cc3c(cc1O2)oc1cc2c(cc13)B1c3c(cc(N(c4ccccc4)C(C)C)cc3-n3c4ccccc4c4cccc1c43)O2. The molecule has 0 unspecified atom stereocenters. The van der Waals surface area contributed by atoms with E-state index in [1.165, 1.54) is 65.5 Å². The van der Waals surface area contributed by atoms with Crippen molar-refractivity contribution in [1.29, 1.82) is 0 Å². The Labute approximate surface area is 433 Å². The Morgan fingerprint density at radius 3 is 1.21 bits per heavy atom. The van der Waals surface area contributed by atoms with E-state index in [9.17, 15) is 0 Å². The number of para-hydroxylation sites is 6. The van der Waals surface area contributed by atoms with Crippen LogP contribution in [0.3, 0.4) is 0 Å². The average Bonchev–Trinajstić information content (AvgIpc) is 4.09. The maximum absolute atomic E-state index is 7.27. The predicted molar refractivity (Wildman–Crippen MR) is 312 cm³/mol. The zero-order valence-corrected chi connectivity index (χ0v) is 41.8. The molecule has 7 nitrogen and oxygen atoms in total. The Morgan fingerprint density at radius 1 is 0.360 bits per heavy atom. The van der Waals surface area contributed by atoms with Crippen LogP contribution in [0, 0.1) is 0 Å². The van der Waals surface area contributed by atoms with E-state index in [0.29, 0.717) is 0 Å². The van der Waals surface area contributed by atoms with Gasteiger partial charge in [0.15, 0.2) is 0 Å². The Morgan fingerprint density at radius 2 is 0.773 bits per heavy atom. The van der Waals surface area contributed by atoms with Crippen LogP contribution in [0.4, 0.5) is 22.7 Å². The fourth-order valence-electron chi connectivity index (χ4n) is 14.0. The van der Waals surface area contributed by atoms with Gasteiger partial charge in [0.05, 0.1) is 11.0 Å². The topological polar surface area (TPSA) is 47.9 Å². The molecule has 0 N–H and O–H groups in total.